The molecule has 1 N–H and O–H groups in total. The molecular formula is C12H19N3O3. The SMILES string of the molecule is C[C@@H](NC(=O)OC(C)(C)C)C(=O)N1CC(C#N)C1. The first-order chi connectivity index (χ1) is 8.23. The molecule has 0 aromatic heterocycles. The Hall–Kier alpha value is -1.77. The van der Waals surface area contributed by atoms with Crippen LogP contribution in [-0.2, 0) is 9.53 Å². The Morgan fingerprint density at radius 2 is 2.00 bits per heavy atom. The van der Waals surface area contributed by atoms with Gasteiger partial charge in [-0.3, -0.25) is 4.79 Å². The molecule has 2 amide bonds. The highest BCUT2D eigenvalue weighted by atomic mass is 16.6. The molecule has 0 bridgehead atoms. The summed E-state index contributed by atoms with van der Waals surface area (Å²) in [6.45, 7) is 7.75. The molecule has 0 aliphatic carbocycles. The van der Waals surface area contributed by atoms with Gasteiger partial charge in [0.05, 0.1) is 12.0 Å². The third-order valence-corrected chi connectivity index (χ3v) is 2.48. The smallest absolute Gasteiger partial charge is 0.408 e. The summed E-state index contributed by atoms with van der Waals surface area (Å²) in [6, 6.07) is 1.45. The van der Waals surface area contributed by atoms with E-state index in [-0.39, 0.29) is 11.8 Å². The highest BCUT2D eigenvalue weighted by Gasteiger charge is 2.33. The van der Waals surface area contributed by atoms with E-state index in [0.29, 0.717) is 13.1 Å². The zero-order valence-electron chi connectivity index (χ0n) is 11.2. The number of likely N-dealkylation sites (tertiary alicyclic amines) is 1. The number of rotatable bonds is 2. The lowest BCUT2D eigenvalue weighted by molar-refractivity contribution is -0.138. The van der Waals surface area contributed by atoms with Crippen molar-refractivity contribution in [2.75, 3.05) is 13.1 Å². The molecule has 0 aromatic rings. The molecule has 6 heteroatoms. The van der Waals surface area contributed by atoms with E-state index in [1.54, 1.807) is 32.6 Å². The summed E-state index contributed by atoms with van der Waals surface area (Å²) in [5.74, 6) is -0.268. The van der Waals surface area contributed by atoms with Crippen molar-refractivity contribution >= 4 is 12.0 Å². The van der Waals surface area contributed by atoms with Crippen LogP contribution in [0.4, 0.5) is 4.79 Å². The first-order valence-electron chi connectivity index (χ1n) is 5.91. The Bertz CT molecular complexity index is 375. The van der Waals surface area contributed by atoms with Crippen molar-refractivity contribution in [3.63, 3.8) is 0 Å². The van der Waals surface area contributed by atoms with Crippen LogP contribution in [0.1, 0.15) is 27.7 Å². The predicted octanol–water partition coefficient (Wildman–Crippen LogP) is 0.882. The quantitative estimate of drug-likeness (QED) is 0.792. The van der Waals surface area contributed by atoms with E-state index in [1.165, 1.54) is 0 Å². The maximum Gasteiger partial charge on any atom is 0.408 e. The molecule has 18 heavy (non-hydrogen) atoms. The van der Waals surface area contributed by atoms with Crippen LogP contribution in [-0.4, -0.2) is 41.6 Å². The summed E-state index contributed by atoms with van der Waals surface area (Å²) >= 11 is 0. The Labute approximate surface area is 107 Å². The van der Waals surface area contributed by atoms with Gasteiger partial charge in [-0.05, 0) is 27.7 Å². The summed E-state index contributed by atoms with van der Waals surface area (Å²) in [6.07, 6.45) is -0.610. The first-order valence-corrected chi connectivity index (χ1v) is 5.91. The van der Waals surface area contributed by atoms with Crippen LogP contribution in [0.25, 0.3) is 0 Å². The lowest BCUT2D eigenvalue weighted by atomic mass is 10.0. The van der Waals surface area contributed by atoms with E-state index in [9.17, 15) is 9.59 Å². The van der Waals surface area contributed by atoms with Gasteiger partial charge in [-0.1, -0.05) is 0 Å². The van der Waals surface area contributed by atoms with Gasteiger partial charge in [-0.25, -0.2) is 4.79 Å². The Morgan fingerprint density at radius 1 is 1.44 bits per heavy atom. The van der Waals surface area contributed by atoms with Gasteiger partial charge in [0, 0.05) is 13.1 Å². The highest BCUT2D eigenvalue weighted by molar-refractivity contribution is 5.86. The molecule has 1 heterocycles. The summed E-state index contributed by atoms with van der Waals surface area (Å²) in [5, 5.41) is 11.1. The molecule has 0 spiro atoms. The van der Waals surface area contributed by atoms with Crippen molar-refractivity contribution < 1.29 is 14.3 Å². The zero-order valence-corrected chi connectivity index (χ0v) is 11.2. The fraction of sp³-hybridized carbons (Fsp3) is 0.750. The zero-order chi connectivity index (χ0) is 13.9. The second-order valence-corrected chi connectivity index (χ2v) is 5.44. The van der Waals surface area contributed by atoms with Crippen molar-refractivity contribution in [3.05, 3.63) is 0 Å². The Balaban J connectivity index is 2.37. The lowest BCUT2D eigenvalue weighted by Crippen LogP contribution is -2.56. The maximum atomic E-state index is 11.8. The number of nitriles is 1. The van der Waals surface area contributed by atoms with E-state index in [1.807, 2.05) is 0 Å². The summed E-state index contributed by atoms with van der Waals surface area (Å²) < 4.78 is 5.06. The van der Waals surface area contributed by atoms with Gasteiger partial charge in [0.25, 0.3) is 0 Å². The standard InChI is InChI=1S/C12H19N3O3/c1-8(14-11(17)18-12(2,3)4)10(16)15-6-9(5-13)7-15/h8-9H,6-7H2,1-4H3,(H,14,17)/t8-/m1/s1. The van der Waals surface area contributed by atoms with E-state index in [2.05, 4.69) is 11.4 Å². The van der Waals surface area contributed by atoms with Crippen molar-refractivity contribution in [3.8, 4) is 6.07 Å². The molecule has 1 aliphatic heterocycles. The molecule has 0 radical (unpaired) electrons. The van der Waals surface area contributed by atoms with Crippen LogP contribution in [0, 0.1) is 17.2 Å². The molecule has 100 valence electrons. The van der Waals surface area contributed by atoms with Gasteiger partial charge in [0.2, 0.25) is 5.91 Å². The highest BCUT2D eigenvalue weighted by Crippen LogP contribution is 2.15. The average Bonchev–Trinajstić information content (AvgIpc) is 2.12. The molecule has 1 atom stereocenters. The fourth-order valence-corrected chi connectivity index (χ4v) is 1.56. The number of amides is 2. The largest absolute Gasteiger partial charge is 0.444 e. The van der Waals surface area contributed by atoms with E-state index in [4.69, 9.17) is 10.00 Å². The Morgan fingerprint density at radius 3 is 2.44 bits per heavy atom. The number of ether oxygens (including phenoxy) is 1. The number of carbonyl (C=O) groups excluding carboxylic acids is 2. The Kier molecular flexibility index (Phi) is 4.17. The van der Waals surface area contributed by atoms with Gasteiger partial charge in [-0.2, -0.15) is 5.26 Å². The topological polar surface area (TPSA) is 82.4 Å². The normalized spacial score (nSPS) is 17.4. The molecule has 0 unspecified atom stereocenters. The molecular weight excluding hydrogens is 234 g/mol. The third kappa shape index (κ3) is 3.91. The fourth-order valence-electron chi connectivity index (χ4n) is 1.56. The average molecular weight is 253 g/mol. The van der Waals surface area contributed by atoms with Crippen LogP contribution in [0.3, 0.4) is 0 Å². The molecule has 0 aromatic carbocycles. The maximum absolute atomic E-state index is 11.8. The number of alkyl carbamates (subject to hydrolysis) is 1. The van der Waals surface area contributed by atoms with Gasteiger partial charge in [0.1, 0.15) is 11.6 Å². The number of hydrogen-bond acceptors (Lipinski definition) is 4. The molecule has 1 saturated heterocycles. The van der Waals surface area contributed by atoms with E-state index < -0.39 is 17.7 Å². The van der Waals surface area contributed by atoms with Crippen molar-refractivity contribution in [2.45, 2.75) is 39.3 Å². The third-order valence-electron chi connectivity index (χ3n) is 2.48. The number of nitrogens with one attached hydrogen (secondary N) is 1. The van der Waals surface area contributed by atoms with Gasteiger partial charge >= 0.3 is 6.09 Å². The van der Waals surface area contributed by atoms with Crippen molar-refractivity contribution in [2.24, 2.45) is 5.92 Å². The van der Waals surface area contributed by atoms with Gasteiger partial charge in [0.15, 0.2) is 0 Å². The minimum atomic E-state index is -0.639. The monoisotopic (exact) mass is 253 g/mol. The van der Waals surface area contributed by atoms with Crippen LogP contribution in [0.5, 0.6) is 0 Å². The molecule has 1 rings (SSSR count). The van der Waals surface area contributed by atoms with Crippen LogP contribution < -0.4 is 5.32 Å². The van der Waals surface area contributed by atoms with Gasteiger partial charge in [-0.15, -0.1) is 0 Å². The van der Waals surface area contributed by atoms with Crippen molar-refractivity contribution in [1.82, 2.24) is 10.2 Å². The minimum absolute atomic E-state index is 0.0809. The number of carbonyl (C=O) groups is 2. The molecule has 0 saturated carbocycles. The minimum Gasteiger partial charge on any atom is -0.444 e. The van der Waals surface area contributed by atoms with Crippen LogP contribution in [0.2, 0.25) is 0 Å². The van der Waals surface area contributed by atoms with Crippen LogP contribution in [0.15, 0.2) is 0 Å². The molecule has 1 aliphatic rings. The summed E-state index contributed by atoms with van der Waals surface area (Å²) in [4.78, 5) is 24.9. The van der Waals surface area contributed by atoms with Gasteiger partial charge < -0.3 is 15.0 Å². The van der Waals surface area contributed by atoms with E-state index in [0.717, 1.165) is 0 Å². The lowest BCUT2D eigenvalue weighted by Gasteiger charge is -2.37. The second-order valence-electron chi connectivity index (χ2n) is 5.44. The first kappa shape index (κ1) is 14.3. The number of hydrogen-bond donors (Lipinski definition) is 1. The second kappa shape index (κ2) is 5.25. The number of nitrogens with zero attached hydrogens (tertiary/aromatic N) is 2. The molecule has 6 nitrogen and oxygen atoms in total. The summed E-state index contributed by atoms with van der Waals surface area (Å²) in [5.41, 5.74) is -0.588. The summed E-state index contributed by atoms with van der Waals surface area (Å²) in [7, 11) is 0. The molecule has 1 fully saturated rings. The van der Waals surface area contributed by atoms with E-state index >= 15 is 0 Å². The predicted molar refractivity (Wildman–Crippen MR) is 64.5 cm³/mol. The van der Waals surface area contributed by atoms with Crippen LogP contribution >= 0.6 is 0 Å². The van der Waals surface area contributed by atoms with Crippen molar-refractivity contribution in [1.29, 1.82) is 5.26 Å².